The largest absolute Gasteiger partial charge is 0.451 e. The highest BCUT2D eigenvalue weighted by atomic mass is 16.5. The Hall–Kier alpha value is -0.790. The van der Waals surface area contributed by atoms with Gasteiger partial charge in [-0.2, -0.15) is 0 Å². The van der Waals surface area contributed by atoms with Gasteiger partial charge in [-0.1, -0.05) is 77.6 Å². The van der Waals surface area contributed by atoms with Crippen LogP contribution in [0.25, 0.3) is 0 Å². The van der Waals surface area contributed by atoms with Gasteiger partial charge < -0.3 is 4.74 Å². The Morgan fingerprint density at radius 2 is 1.40 bits per heavy atom. The molecule has 1 aliphatic heterocycles. The number of unbranched alkanes of at least 4 members (excludes halogenated alkanes) is 11. The Bertz CT molecular complexity index is 261. The van der Waals surface area contributed by atoms with E-state index in [1.807, 2.05) is 6.08 Å². The van der Waals surface area contributed by atoms with E-state index in [4.69, 9.17) is 4.74 Å². The molecule has 1 heterocycles. The molecule has 0 radical (unpaired) electrons. The lowest BCUT2D eigenvalue weighted by atomic mass is 10.1. The van der Waals surface area contributed by atoms with Gasteiger partial charge in [0.2, 0.25) is 0 Å². The van der Waals surface area contributed by atoms with E-state index < -0.39 is 0 Å². The van der Waals surface area contributed by atoms with Crippen LogP contribution in [0.15, 0.2) is 17.3 Å². The summed E-state index contributed by atoms with van der Waals surface area (Å²) < 4.78 is 5.23. The van der Waals surface area contributed by atoms with E-state index in [0.717, 1.165) is 18.9 Å². The Kier molecular flexibility index (Phi) is 11.4. The van der Waals surface area contributed by atoms with Crippen LogP contribution in [0.5, 0.6) is 0 Å². The molecule has 0 atom stereocenters. The lowest BCUT2D eigenvalue weighted by molar-refractivity contribution is 0.477. The fourth-order valence-electron chi connectivity index (χ4n) is 2.58. The first-order chi connectivity index (χ1) is 9.93. The molecule has 0 aromatic heterocycles. The minimum absolute atomic E-state index is 0.887. The molecule has 0 unspecified atom stereocenters. The molecule has 0 N–H and O–H groups in total. The molecule has 0 amide bonds. The summed E-state index contributed by atoms with van der Waals surface area (Å²) in [4.78, 5) is 4.44. The summed E-state index contributed by atoms with van der Waals surface area (Å²) in [6.07, 6.45) is 21.4. The molecule has 1 aliphatic rings. The second kappa shape index (κ2) is 13.2. The molecule has 2 nitrogen and oxygen atoms in total. The highest BCUT2D eigenvalue weighted by molar-refractivity contribution is 5.80. The van der Waals surface area contributed by atoms with Crippen molar-refractivity contribution in [1.29, 1.82) is 0 Å². The van der Waals surface area contributed by atoms with Gasteiger partial charge in [0.05, 0.1) is 6.26 Å². The van der Waals surface area contributed by atoms with Crippen LogP contribution in [0.3, 0.4) is 0 Å². The fraction of sp³-hybridized carbons (Fsp3) is 0.833. The number of hydrogen-bond acceptors (Lipinski definition) is 2. The van der Waals surface area contributed by atoms with Crippen LogP contribution < -0.4 is 0 Å². The molecule has 0 bridgehead atoms. The average molecular weight is 279 g/mol. The standard InChI is InChI=1S/C18H33NO/c1-2-3-4-5-6-7-8-9-10-11-12-13-16-19-18-15-14-17-20-18/h14,17H,2-13,15-16H2,1H3. The van der Waals surface area contributed by atoms with E-state index in [1.54, 1.807) is 6.26 Å². The molecular weight excluding hydrogens is 246 g/mol. The van der Waals surface area contributed by atoms with Crippen molar-refractivity contribution in [2.24, 2.45) is 4.99 Å². The first-order valence-corrected chi connectivity index (χ1v) is 8.78. The van der Waals surface area contributed by atoms with Crippen LogP contribution in [0.2, 0.25) is 0 Å². The van der Waals surface area contributed by atoms with Crippen LogP contribution in [-0.2, 0) is 4.74 Å². The van der Waals surface area contributed by atoms with E-state index in [0.29, 0.717) is 0 Å². The van der Waals surface area contributed by atoms with Crippen LogP contribution in [0.4, 0.5) is 0 Å². The van der Waals surface area contributed by atoms with Crippen LogP contribution >= 0.6 is 0 Å². The van der Waals surface area contributed by atoms with E-state index in [2.05, 4.69) is 11.9 Å². The maximum Gasteiger partial charge on any atom is 0.193 e. The summed E-state index contributed by atoms with van der Waals surface area (Å²) in [5.41, 5.74) is 0. The second-order valence-electron chi connectivity index (χ2n) is 5.86. The second-order valence-corrected chi connectivity index (χ2v) is 5.86. The monoisotopic (exact) mass is 279 g/mol. The van der Waals surface area contributed by atoms with Gasteiger partial charge in [0.25, 0.3) is 0 Å². The van der Waals surface area contributed by atoms with Crippen molar-refractivity contribution in [3.63, 3.8) is 0 Å². The Balaban J connectivity index is 1.71. The van der Waals surface area contributed by atoms with Crippen molar-refractivity contribution in [3.8, 4) is 0 Å². The van der Waals surface area contributed by atoms with Gasteiger partial charge in [-0.3, -0.25) is 4.99 Å². The Morgan fingerprint density at radius 3 is 1.90 bits per heavy atom. The summed E-state index contributed by atoms with van der Waals surface area (Å²) in [6.45, 7) is 3.22. The highest BCUT2D eigenvalue weighted by Crippen LogP contribution is 2.12. The Morgan fingerprint density at radius 1 is 0.850 bits per heavy atom. The fourth-order valence-corrected chi connectivity index (χ4v) is 2.58. The minimum Gasteiger partial charge on any atom is -0.451 e. The third-order valence-electron chi connectivity index (χ3n) is 3.89. The summed E-state index contributed by atoms with van der Waals surface area (Å²) in [5.74, 6) is 0.896. The topological polar surface area (TPSA) is 21.6 Å². The third-order valence-corrected chi connectivity index (χ3v) is 3.89. The number of nitrogens with zero attached hydrogens (tertiary/aromatic N) is 1. The molecule has 0 aromatic rings. The molecular formula is C18H33NO. The Labute approximate surface area is 125 Å². The van der Waals surface area contributed by atoms with Gasteiger partial charge in [-0.15, -0.1) is 0 Å². The van der Waals surface area contributed by atoms with E-state index in [1.165, 1.54) is 77.0 Å². The van der Waals surface area contributed by atoms with Crippen LogP contribution in [-0.4, -0.2) is 12.4 Å². The zero-order valence-electron chi connectivity index (χ0n) is 13.4. The normalized spacial score (nSPS) is 15.9. The van der Waals surface area contributed by atoms with Gasteiger partial charge >= 0.3 is 0 Å². The zero-order valence-corrected chi connectivity index (χ0v) is 13.4. The van der Waals surface area contributed by atoms with Gasteiger partial charge in [-0.05, 0) is 12.5 Å². The summed E-state index contributed by atoms with van der Waals surface area (Å²) >= 11 is 0. The first kappa shape index (κ1) is 17.3. The molecule has 20 heavy (non-hydrogen) atoms. The van der Waals surface area contributed by atoms with Crippen molar-refractivity contribution in [2.75, 3.05) is 6.54 Å². The van der Waals surface area contributed by atoms with Gasteiger partial charge in [0.15, 0.2) is 5.90 Å². The molecule has 0 aromatic carbocycles. The molecule has 0 saturated carbocycles. The number of hydrogen-bond donors (Lipinski definition) is 0. The van der Waals surface area contributed by atoms with Crippen LogP contribution in [0.1, 0.15) is 90.4 Å². The maximum absolute atomic E-state index is 5.23. The number of ether oxygens (including phenoxy) is 1. The predicted molar refractivity (Wildman–Crippen MR) is 88.2 cm³/mol. The van der Waals surface area contributed by atoms with Crippen molar-refractivity contribution < 1.29 is 4.74 Å². The molecule has 116 valence electrons. The third kappa shape index (κ3) is 10.1. The smallest absolute Gasteiger partial charge is 0.193 e. The first-order valence-electron chi connectivity index (χ1n) is 8.78. The number of aliphatic imine (C=N–C) groups is 1. The average Bonchev–Trinajstić information content (AvgIpc) is 2.97. The van der Waals surface area contributed by atoms with Crippen molar-refractivity contribution >= 4 is 5.90 Å². The lowest BCUT2D eigenvalue weighted by Crippen LogP contribution is -1.95. The summed E-state index contributed by atoms with van der Waals surface area (Å²) in [5, 5.41) is 0. The minimum atomic E-state index is 0.887. The summed E-state index contributed by atoms with van der Waals surface area (Å²) in [7, 11) is 0. The van der Waals surface area contributed by atoms with E-state index in [9.17, 15) is 0 Å². The van der Waals surface area contributed by atoms with E-state index >= 15 is 0 Å². The molecule has 0 saturated heterocycles. The molecule has 1 rings (SSSR count). The van der Waals surface area contributed by atoms with Crippen LogP contribution in [0, 0.1) is 0 Å². The maximum atomic E-state index is 5.23. The van der Waals surface area contributed by atoms with E-state index in [-0.39, 0.29) is 0 Å². The molecule has 0 aliphatic carbocycles. The molecule has 2 heteroatoms. The zero-order chi connectivity index (χ0) is 14.3. The molecule has 0 fully saturated rings. The highest BCUT2D eigenvalue weighted by Gasteiger charge is 2.01. The summed E-state index contributed by atoms with van der Waals surface area (Å²) in [6, 6.07) is 0. The van der Waals surface area contributed by atoms with Gasteiger partial charge in [-0.25, -0.2) is 0 Å². The quantitative estimate of drug-likeness (QED) is 0.378. The SMILES string of the molecule is CCCCCCCCCCCCCCN=C1CC=CO1. The predicted octanol–water partition coefficient (Wildman–Crippen LogP) is 6.02. The molecule has 0 spiro atoms. The van der Waals surface area contributed by atoms with Gasteiger partial charge in [0.1, 0.15) is 0 Å². The van der Waals surface area contributed by atoms with Crippen molar-refractivity contribution in [2.45, 2.75) is 90.4 Å². The van der Waals surface area contributed by atoms with Crippen molar-refractivity contribution in [3.05, 3.63) is 12.3 Å². The van der Waals surface area contributed by atoms with Gasteiger partial charge in [0, 0.05) is 13.0 Å². The number of rotatable bonds is 13. The van der Waals surface area contributed by atoms with Crippen molar-refractivity contribution in [1.82, 2.24) is 0 Å². The lowest BCUT2D eigenvalue weighted by Gasteiger charge is -2.02.